The molecule has 0 aromatic heterocycles. The number of para-hydroxylation sites is 1. The molecule has 0 spiro atoms. The molecule has 0 aliphatic rings. The third-order valence-corrected chi connectivity index (χ3v) is 2.15. The highest BCUT2D eigenvalue weighted by Gasteiger charge is 2.31. The summed E-state index contributed by atoms with van der Waals surface area (Å²) < 4.78 is 5.18. The minimum atomic E-state index is -1.56. The van der Waals surface area contributed by atoms with Gasteiger partial charge in [-0.2, -0.15) is 0 Å². The lowest BCUT2D eigenvalue weighted by Crippen LogP contribution is -2.38. The highest BCUT2D eigenvalue weighted by atomic mass is 16.5. The topological polar surface area (TPSA) is 110 Å². The van der Waals surface area contributed by atoms with Crippen molar-refractivity contribution in [3.63, 3.8) is 0 Å². The summed E-state index contributed by atoms with van der Waals surface area (Å²) in [7, 11) is 0. The van der Waals surface area contributed by atoms with Gasteiger partial charge >= 0.3 is 11.9 Å². The van der Waals surface area contributed by atoms with Crippen molar-refractivity contribution in [1.29, 1.82) is 0 Å². The number of aromatic carboxylic acids is 1. The van der Waals surface area contributed by atoms with Gasteiger partial charge in [0, 0.05) is 0 Å². The molecule has 0 atom stereocenters. The van der Waals surface area contributed by atoms with Gasteiger partial charge in [-0.15, -0.1) is 0 Å². The van der Waals surface area contributed by atoms with E-state index >= 15 is 0 Å². The fraction of sp³-hybridized carbons (Fsp3) is 0.273. The first-order chi connectivity index (χ1) is 7.75. The minimum absolute atomic E-state index is 0.0826. The lowest BCUT2D eigenvalue weighted by Gasteiger charge is -2.23. The SMILES string of the molecule is CC(C)(Oc1c(N)cccc1C(=O)O)C(=O)O. The van der Waals surface area contributed by atoms with Crippen LogP contribution in [0.2, 0.25) is 0 Å². The van der Waals surface area contributed by atoms with Gasteiger partial charge in [-0.25, -0.2) is 9.59 Å². The summed E-state index contributed by atoms with van der Waals surface area (Å²) in [4.78, 5) is 21.9. The third-order valence-electron chi connectivity index (χ3n) is 2.15. The first kappa shape index (κ1) is 12.8. The highest BCUT2D eigenvalue weighted by Crippen LogP contribution is 2.30. The summed E-state index contributed by atoms with van der Waals surface area (Å²) in [5, 5.41) is 17.9. The molecule has 1 rings (SSSR count). The van der Waals surface area contributed by atoms with E-state index in [1.54, 1.807) is 0 Å². The average Bonchev–Trinajstić information content (AvgIpc) is 2.20. The Morgan fingerprint density at radius 3 is 2.35 bits per heavy atom. The number of nitrogen functional groups attached to an aromatic ring is 1. The fourth-order valence-electron chi connectivity index (χ4n) is 1.14. The minimum Gasteiger partial charge on any atom is -0.478 e. The summed E-state index contributed by atoms with van der Waals surface area (Å²) in [6.07, 6.45) is 0. The third kappa shape index (κ3) is 2.66. The Bertz CT molecular complexity index is 467. The van der Waals surface area contributed by atoms with Gasteiger partial charge in [-0.3, -0.25) is 0 Å². The van der Waals surface area contributed by atoms with Crippen molar-refractivity contribution in [2.45, 2.75) is 19.4 Å². The van der Waals surface area contributed by atoms with Crippen LogP contribution in [0, 0.1) is 0 Å². The molecule has 0 saturated heterocycles. The van der Waals surface area contributed by atoms with Crippen LogP contribution in [-0.2, 0) is 4.79 Å². The molecule has 0 radical (unpaired) electrons. The molecule has 0 unspecified atom stereocenters. The second-order valence-electron chi connectivity index (χ2n) is 3.95. The predicted molar refractivity (Wildman–Crippen MR) is 60.2 cm³/mol. The summed E-state index contributed by atoms with van der Waals surface area (Å²) in [6.45, 7) is 2.63. The van der Waals surface area contributed by atoms with Crippen LogP contribution in [0.3, 0.4) is 0 Å². The lowest BCUT2D eigenvalue weighted by atomic mass is 10.1. The van der Waals surface area contributed by atoms with Crippen molar-refractivity contribution in [1.82, 2.24) is 0 Å². The zero-order chi connectivity index (χ0) is 13.2. The average molecular weight is 239 g/mol. The summed E-state index contributed by atoms with van der Waals surface area (Å²) in [6, 6.07) is 4.20. The number of benzene rings is 1. The van der Waals surface area contributed by atoms with E-state index in [2.05, 4.69) is 0 Å². The van der Waals surface area contributed by atoms with E-state index in [-0.39, 0.29) is 17.0 Å². The Kier molecular flexibility index (Phi) is 3.26. The van der Waals surface area contributed by atoms with Crippen molar-refractivity contribution >= 4 is 17.6 Å². The maximum Gasteiger partial charge on any atom is 0.347 e. The van der Waals surface area contributed by atoms with Crippen LogP contribution in [0.15, 0.2) is 18.2 Å². The van der Waals surface area contributed by atoms with Gasteiger partial charge in [0.15, 0.2) is 11.4 Å². The van der Waals surface area contributed by atoms with E-state index in [9.17, 15) is 9.59 Å². The summed E-state index contributed by atoms with van der Waals surface area (Å²) in [5.74, 6) is -2.57. The lowest BCUT2D eigenvalue weighted by molar-refractivity contribution is -0.152. The van der Waals surface area contributed by atoms with E-state index in [1.807, 2.05) is 0 Å². The van der Waals surface area contributed by atoms with E-state index in [1.165, 1.54) is 32.0 Å². The van der Waals surface area contributed by atoms with Gasteiger partial charge in [0.25, 0.3) is 0 Å². The van der Waals surface area contributed by atoms with Gasteiger partial charge in [-0.05, 0) is 26.0 Å². The van der Waals surface area contributed by atoms with Gasteiger partial charge in [0.1, 0.15) is 5.56 Å². The van der Waals surface area contributed by atoms with Crippen LogP contribution in [0.5, 0.6) is 5.75 Å². The maximum absolute atomic E-state index is 10.9. The maximum atomic E-state index is 10.9. The molecule has 0 fully saturated rings. The summed E-state index contributed by atoms with van der Waals surface area (Å²) in [5.41, 5.74) is 3.94. The number of hydrogen-bond donors (Lipinski definition) is 3. The van der Waals surface area contributed by atoms with Crippen molar-refractivity contribution in [2.75, 3.05) is 5.73 Å². The molecule has 0 aliphatic heterocycles. The van der Waals surface area contributed by atoms with Crippen molar-refractivity contribution in [3.8, 4) is 5.75 Å². The Labute approximate surface area is 97.6 Å². The van der Waals surface area contributed by atoms with Crippen LogP contribution >= 0.6 is 0 Å². The molecule has 0 amide bonds. The first-order valence-corrected chi connectivity index (χ1v) is 4.80. The molecule has 6 heteroatoms. The highest BCUT2D eigenvalue weighted by molar-refractivity contribution is 5.93. The zero-order valence-corrected chi connectivity index (χ0v) is 9.43. The fourth-order valence-corrected chi connectivity index (χ4v) is 1.14. The number of carboxylic acids is 2. The molecule has 1 aromatic carbocycles. The van der Waals surface area contributed by atoms with Crippen LogP contribution in [-0.4, -0.2) is 27.8 Å². The second kappa shape index (κ2) is 4.32. The molecule has 0 aliphatic carbocycles. The molecule has 0 bridgehead atoms. The number of carboxylic acid groups (broad SMARTS) is 2. The molecule has 0 saturated carbocycles. The number of aliphatic carboxylic acids is 1. The molecular weight excluding hydrogens is 226 g/mol. The second-order valence-corrected chi connectivity index (χ2v) is 3.95. The van der Waals surface area contributed by atoms with Gasteiger partial charge in [-0.1, -0.05) is 6.07 Å². The van der Waals surface area contributed by atoms with Crippen LogP contribution < -0.4 is 10.5 Å². The van der Waals surface area contributed by atoms with E-state index in [4.69, 9.17) is 20.7 Å². The smallest absolute Gasteiger partial charge is 0.347 e. The Morgan fingerprint density at radius 1 is 1.29 bits per heavy atom. The Balaban J connectivity index is 3.22. The molecular formula is C11H13NO5. The molecule has 0 heterocycles. The van der Waals surface area contributed by atoms with Gasteiger partial charge < -0.3 is 20.7 Å². The van der Waals surface area contributed by atoms with Gasteiger partial charge in [0.2, 0.25) is 0 Å². The quantitative estimate of drug-likeness (QED) is 0.681. The van der Waals surface area contributed by atoms with E-state index in [0.29, 0.717) is 0 Å². The molecule has 92 valence electrons. The van der Waals surface area contributed by atoms with Gasteiger partial charge in [0.05, 0.1) is 5.69 Å². The first-order valence-electron chi connectivity index (χ1n) is 4.80. The number of carbonyl (C=O) groups is 2. The number of nitrogens with two attached hydrogens (primary N) is 1. The van der Waals surface area contributed by atoms with E-state index in [0.717, 1.165) is 0 Å². The number of rotatable bonds is 4. The molecule has 1 aromatic rings. The normalized spacial score (nSPS) is 10.9. The van der Waals surface area contributed by atoms with Crippen LogP contribution in [0.1, 0.15) is 24.2 Å². The van der Waals surface area contributed by atoms with Crippen molar-refractivity contribution < 1.29 is 24.5 Å². The standard InChI is InChI=1S/C11H13NO5/c1-11(2,10(15)16)17-8-6(9(13)14)4-3-5-7(8)12/h3-5H,12H2,1-2H3,(H,13,14)(H,15,16). The van der Waals surface area contributed by atoms with Crippen molar-refractivity contribution in [2.24, 2.45) is 0 Å². The van der Waals surface area contributed by atoms with Crippen molar-refractivity contribution in [3.05, 3.63) is 23.8 Å². The Hall–Kier alpha value is -2.24. The summed E-state index contributed by atoms with van der Waals surface area (Å²) >= 11 is 0. The number of anilines is 1. The molecule has 4 N–H and O–H groups in total. The predicted octanol–water partition coefficient (Wildman–Crippen LogP) is 1.21. The number of hydrogen-bond acceptors (Lipinski definition) is 4. The van der Waals surface area contributed by atoms with E-state index < -0.39 is 17.5 Å². The number of ether oxygens (including phenoxy) is 1. The van der Waals surface area contributed by atoms with Crippen LogP contribution in [0.4, 0.5) is 5.69 Å². The monoisotopic (exact) mass is 239 g/mol. The molecule has 6 nitrogen and oxygen atoms in total. The zero-order valence-electron chi connectivity index (χ0n) is 9.43. The largest absolute Gasteiger partial charge is 0.478 e. The Morgan fingerprint density at radius 2 is 1.88 bits per heavy atom. The van der Waals surface area contributed by atoms with Crippen LogP contribution in [0.25, 0.3) is 0 Å². The molecule has 17 heavy (non-hydrogen) atoms.